The highest BCUT2D eigenvalue weighted by atomic mass is 35.5. The van der Waals surface area contributed by atoms with E-state index in [1.807, 2.05) is 50.2 Å². The van der Waals surface area contributed by atoms with Crippen LogP contribution < -0.4 is 15.2 Å². The van der Waals surface area contributed by atoms with Crippen LogP contribution in [0, 0.1) is 5.92 Å². The summed E-state index contributed by atoms with van der Waals surface area (Å²) >= 11 is 12.6. The van der Waals surface area contributed by atoms with Crippen molar-refractivity contribution in [3.8, 4) is 5.75 Å². The normalized spacial score (nSPS) is 15.1. The Hall–Kier alpha value is -2.74. The van der Waals surface area contributed by atoms with Crippen molar-refractivity contribution >= 4 is 45.8 Å². The van der Waals surface area contributed by atoms with Gasteiger partial charge in [-0.15, -0.1) is 0 Å². The number of carbonyl (C=O) groups is 1. The fourth-order valence-electron chi connectivity index (χ4n) is 4.87. The Bertz CT molecular complexity index is 1340. The lowest BCUT2D eigenvalue weighted by atomic mass is 10.1. The maximum Gasteiger partial charge on any atom is 0.307 e. The van der Waals surface area contributed by atoms with Gasteiger partial charge in [-0.3, -0.25) is 19.1 Å². The number of benzene rings is 2. The van der Waals surface area contributed by atoms with Gasteiger partial charge in [0.25, 0.3) is 5.56 Å². The van der Waals surface area contributed by atoms with Gasteiger partial charge in [-0.05, 0) is 55.1 Å². The van der Waals surface area contributed by atoms with Crippen molar-refractivity contribution in [1.29, 1.82) is 0 Å². The van der Waals surface area contributed by atoms with Crippen LogP contribution in [0.4, 0.5) is 5.69 Å². The van der Waals surface area contributed by atoms with Crippen molar-refractivity contribution in [2.24, 2.45) is 5.92 Å². The molecule has 0 spiro atoms. The molecular weight excluding hydrogens is 537 g/mol. The minimum Gasteiger partial charge on any atom is -0.494 e. The van der Waals surface area contributed by atoms with Gasteiger partial charge in [-0.2, -0.15) is 0 Å². The number of rotatable bonds is 11. The van der Waals surface area contributed by atoms with Gasteiger partial charge in [0.2, 0.25) is 0 Å². The summed E-state index contributed by atoms with van der Waals surface area (Å²) in [7, 11) is 0. The van der Waals surface area contributed by atoms with E-state index in [1.54, 1.807) is 17.6 Å². The molecule has 1 aliphatic rings. The topological polar surface area (TPSA) is 64.0 Å². The molecule has 9 heteroatoms. The second-order valence-electron chi connectivity index (χ2n) is 10.2. The molecule has 7 nitrogen and oxygen atoms in total. The summed E-state index contributed by atoms with van der Waals surface area (Å²) < 4.78 is 13.3. The van der Waals surface area contributed by atoms with Gasteiger partial charge in [-0.1, -0.05) is 50.0 Å². The van der Waals surface area contributed by atoms with E-state index in [0.717, 1.165) is 56.6 Å². The number of aromatic nitrogens is 1. The minimum atomic E-state index is -0.681. The molecule has 1 atom stereocenters. The first-order chi connectivity index (χ1) is 18.8. The number of piperazine rings is 1. The lowest BCUT2D eigenvalue weighted by molar-refractivity contribution is -0.156. The Morgan fingerprint density at radius 2 is 1.74 bits per heavy atom. The highest BCUT2D eigenvalue weighted by molar-refractivity contribution is 6.43. The first-order valence-electron chi connectivity index (χ1n) is 13.7. The maximum absolute atomic E-state index is 12.9. The third-order valence-corrected chi connectivity index (χ3v) is 7.86. The van der Waals surface area contributed by atoms with Crippen molar-refractivity contribution in [2.45, 2.75) is 46.3 Å². The first kappa shape index (κ1) is 29.2. The van der Waals surface area contributed by atoms with Gasteiger partial charge in [0.05, 0.1) is 27.9 Å². The molecule has 1 aromatic heterocycles. The fraction of sp³-hybridized carbons (Fsp3) is 0.467. The second-order valence-corrected chi connectivity index (χ2v) is 11.0. The molecule has 2 heterocycles. The highest BCUT2D eigenvalue weighted by Crippen LogP contribution is 2.33. The minimum absolute atomic E-state index is 0.0716. The Labute approximate surface area is 240 Å². The Balaban J connectivity index is 1.30. The van der Waals surface area contributed by atoms with Crippen molar-refractivity contribution in [2.75, 3.05) is 44.2 Å². The van der Waals surface area contributed by atoms with E-state index in [-0.39, 0.29) is 23.9 Å². The Kier molecular flexibility index (Phi) is 10.2. The zero-order chi connectivity index (χ0) is 27.9. The van der Waals surface area contributed by atoms with Crippen molar-refractivity contribution in [3.63, 3.8) is 0 Å². The number of anilines is 1. The fourth-order valence-corrected chi connectivity index (χ4v) is 5.28. The number of nitrogens with zero attached hydrogens (tertiary/aromatic N) is 3. The Morgan fingerprint density at radius 1 is 1.00 bits per heavy atom. The SMILES string of the molecule is CCC(=O)OC(C(C)C)n1c(=O)ccc2ccc(OCCCCN3CCN(c4cccc(Cl)c4Cl)CC3)cc21. The van der Waals surface area contributed by atoms with E-state index in [1.165, 1.54) is 6.07 Å². The third kappa shape index (κ3) is 7.27. The Morgan fingerprint density at radius 3 is 2.46 bits per heavy atom. The third-order valence-electron chi connectivity index (χ3n) is 7.05. The number of pyridine rings is 1. The first-order valence-corrected chi connectivity index (χ1v) is 14.4. The van der Waals surface area contributed by atoms with Crippen molar-refractivity contribution < 1.29 is 14.3 Å². The number of halogens is 2. The number of unbranched alkanes of at least 4 members (excludes halogenated alkanes) is 1. The largest absolute Gasteiger partial charge is 0.494 e. The van der Waals surface area contributed by atoms with E-state index in [9.17, 15) is 9.59 Å². The number of hydrogen-bond acceptors (Lipinski definition) is 6. The molecule has 4 rings (SSSR count). The number of hydrogen-bond donors (Lipinski definition) is 0. The van der Waals surface area contributed by atoms with Crippen LogP contribution in [0.3, 0.4) is 0 Å². The maximum atomic E-state index is 12.9. The molecule has 3 aromatic rings. The molecule has 39 heavy (non-hydrogen) atoms. The van der Waals surface area contributed by atoms with E-state index in [0.29, 0.717) is 27.9 Å². The van der Waals surface area contributed by atoms with Crippen molar-refractivity contribution in [3.05, 3.63) is 68.9 Å². The van der Waals surface area contributed by atoms with Crippen LogP contribution in [0.1, 0.15) is 46.3 Å². The van der Waals surface area contributed by atoms with Crippen LogP contribution >= 0.6 is 23.2 Å². The van der Waals surface area contributed by atoms with E-state index in [4.69, 9.17) is 32.7 Å². The summed E-state index contributed by atoms with van der Waals surface area (Å²) in [6, 6.07) is 14.8. The predicted octanol–water partition coefficient (Wildman–Crippen LogP) is 6.40. The van der Waals surface area contributed by atoms with Gasteiger partial charge in [0, 0.05) is 50.7 Å². The van der Waals surface area contributed by atoms with Crippen LogP contribution in [-0.2, 0) is 9.53 Å². The lowest BCUT2D eigenvalue weighted by Crippen LogP contribution is -2.46. The highest BCUT2D eigenvalue weighted by Gasteiger charge is 2.23. The predicted molar refractivity (Wildman–Crippen MR) is 158 cm³/mol. The van der Waals surface area contributed by atoms with E-state index in [2.05, 4.69) is 9.80 Å². The summed E-state index contributed by atoms with van der Waals surface area (Å²) in [6.45, 7) is 11.0. The molecule has 0 radical (unpaired) electrons. The van der Waals surface area contributed by atoms with E-state index >= 15 is 0 Å². The molecule has 1 unspecified atom stereocenters. The summed E-state index contributed by atoms with van der Waals surface area (Å²) in [4.78, 5) is 29.7. The molecule has 1 saturated heterocycles. The lowest BCUT2D eigenvalue weighted by Gasteiger charge is -2.36. The van der Waals surface area contributed by atoms with Gasteiger partial charge in [0.15, 0.2) is 6.23 Å². The second kappa shape index (κ2) is 13.6. The quantitative estimate of drug-likeness (QED) is 0.195. The summed E-state index contributed by atoms with van der Waals surface area (Å²) in [5, 5.41) is 2.10. The standard InChI is InChI=1S/C30H37Cl2N3O4/c1-4-28(37)39-30(21(2)3)35-26-20-23(12-10-22(26)11-13-27(35)36)38-19-6-5-14-33-15-17-34(18-16-33)25-9-7-8-24(31)29(25)32/h7-13,20-21,30H,4-6,14-19H2,1-3H3. The zero-order valence-electron chi connectivity index (χ0n) is 22.9. The van der Waals surface area contributed by atoms with Crippen LogP contribution in [0.5, 0.6) is 5.75 Å². The zero-order valence-corrected chi connectivity index (χ0v) is 24.4. The average molecular weight is 575 g/mol. The van der Waals surface area contributed by atoms with Crippen LogP contribution in [0.2, 0.25) is 10.0 Å². The van der Waals surface area contributed by atoms with Crippen LogP contribution in [0.25, 0.3) is 10.9 Å². The number of ether oxygens (including phenoxy) is 2. The van der Waals surface area contributed by atoms with Gasteiger partial charge in [0.1, 0.15) is 5.75 Å². The molecule has 210 valence electrons. The van der Waals surface area contributed by atoms with Gasteiger partial charge < -0.3 is 14.4 Å². The molecule has 0 bridgehead atoms. The molecular formula is C30H37Cl2N3O4. The molecule has 2 aromatic carbocycles. The smallest absolute Gasteiger partial charge is 0.307 e. The molecule has 0 aliphatic carbocycles. The number of carbonyl (C=O) groups excluding carboxylic acids is 1. The summed E-state index contributed by atoms with van der Waals surface area (Å²) in [5.41, 5.74) is 1.49. The number of fused-ring (bicyclic) bond motifs is 1. The monoisotopic (exact) mass is 573 g/mol. The molecule has 0 N–H and O–H groups in total. The van der Waals surface area contributed by atoms with Crippen LogP contribution in [-0.4, -0.2) is 54.8 Å². The molecule has 0 saturated carbocycles. The van der Waals surface area contributed by atoms with Crippen LogP contribution in [0.15, 0.2) is 53.3 Å². The average Bonchev–Trinajstić information content (AvgIpc) is 2.93. The van der Waals surface area contributed by atoms with Crippen molar-refractivity contribution in [1.82, 2.24) is 9.47 Å². The van der Waals surface area contributed by atoms with Gasteiger partial charge >= 0.3 is 5.97 Å². The molecule has 0 amide bonds. The summed E-state index contributed by atoms with van der Waals surface area (Å²) in [6.07, 6.45) is 1.52. The molecule has 1 fully saturated rings. The molecule has 1 aliphatic heterocycles. The van der Waals surface area contributed by atoms with Gasteiger partial charge in [-0.25, -0.2) is 0 Å². The summed E-state index contributed by atoms with van der Waals surface area (Å²) in [5.74, 6) is 0.288. The van der Waals surface area contributed by atoms with E-state index < -0.39 is 6.23 Å². The number of esters is 1.